The van der Waals surface area contributed by atoms with Crippen molar-refractivity contribution in [2.24, 2.45) is 0 Å². The summed E-state index contributed by atoms with van der Waals surface area (Å²) in [7, 11) is 5.57. The molecule has 1 aliphatic rings. The Bertz CT molecular complexity index is 409. The first kappa shape index (κ1) is 14.2. The van der Waals surface area contributed by atoms with Crippen molar-refractivity contribution in [2.45, 2.75) is 25.4 Å². The molecular weight excluding hydrogens is 240 g/mol. The summed E-state index contributed by atoms with van der Waals surface area (Å²) < 4.78 is 10.6. The van der Waals surface area contributed by atoms with E-state index in [4.69, 9.17) is 9.47 Å². The molecule has 0 saturated carbocycles. The van der Waals surface area contributed by atoms with Crippen molar-refractivity contribution < 1.29 is 9.47 Å². The number of ether oxygens (including phenoxy) is 2. The number of hydrogen-bond donors (Lipinski definition) is 1. The third kappa shape index (κ3) is 3.61. The van der Waals surface area contributed by atoms with E-state index in [0.717, 1.165) is 24.6 Å². The number of likely N-dealkylation sites (tertiary alicyclic amines) is 1. The highest BCUT2D eigenvalue weighted by Gasteiger charge is 2.20. The highest BCUT2D eigenvalue weighted by molar-refractivity contribution is 5.40. The van der Waals surface area contributed by atoms with Crippen LogP contribution in [0.2, 0.25) is 0 Å². The Hall–Kier alpha value is -1.26. The van der Waals surface area contributed by atoms with Crippen LogP contribution >= 0.6 is 0 Å². The monoisotopic (exact) mass is 264 g/mol. The van der Waals surface area contributed by atoms with Gasteiger partial charge in [0.25, 0.3) is 0 Å². The first-order valence-electron chi connectivity index (χ1n) is 6.86. The SMILES string of the molecule is COc1ccc(CNCC2CCCN2C)c(OC)c1. The van der Waals surface area contributed by atoms with Crippen LogP contribution in [0.3, 0.4) is 0 Å². The van der Waals surface area contributed by atoms with Crippen molar-refractivity contribution in [3.63, 3.8) is 0 Å². The van der Waals surface area contributed by atoms with Crippen LogP contribution in [0.1, 0.15) is 18.4 Å². The Kier molecular flexibility index (Phi) is 5.05. The summed E-state index contributed by atoms with van der Waals surface area (Å²) in [6.45, 7) is 3.08. The number of benzene rings is 1. The van der Waals surface area contributed by atoms with Gasteiger partial charge in [0.05, 0.1) is 14.2 Å². The van der Waals surface area contributed by atoms with Gasteiger partial charge in [-0.2, -0.15) is 0 Å². The molecule has 1 saturated heterocycles. The van der Waals surface area contributed by atoms with E-state index in [1.54, 1.807) is 14.2 Å². The number of nitrogens with one attached hydrogen (secondary N) is 1. The van der Waals surface area contributed by atoms with Gasteiger partial charge in [-0.15, -0.1) is 0 Å². The second-order valence-electron chi connectivity index (χ2n) is 5.09. The van der Waals surface area contributed by atoms with Gasteiger partial charge in [-0.1, -0.05) is 6.07 Å². The lowest BCUT2D eigenvalue weighted by Gasteiger charge is -2.20. The number of hydrogen-bond acceptors (Lipinski definition) is 4. The van der Waals surface area contributed by atoms with E-state index in [2.05, 4.69) is 23.3 Å². The first-order valence-corrected chi connectivity index (χ1v) is 6.86. The summed E-state index contributed by atoms with van der Waals surface area (Å²) in [6.07, 6.45) is 2.61. The molecule has 0 aliphatic carbocycles. The molecule has 1 aromatic rings. The largest absolute Gasteiger partial charge is 0.497 e. The van der Waals surface area contributed by atoms with Crippen molar-refractivity contribution in [1.82, 2.24) is 10.2 Å². The molecule has 0 spiro atoms. The average Bonchev–Trinajstić information content (AvgIpc) is 2.84. The molecule has 1 N–H and O–H groups in total. The predicted molar refractivity (Wildman–Crippen MR) is 76.9 cm³/mol. The fourth-order valence-electron chi connectivity index (χ4n) is 2.61. The van der Waals surface area contributed by atoms with Crippen molar-refractivity contribution in [1.29, 1.82) is 0 Å². The van der Waals surface area contributed by atoms with Gasteiger partial charge < -0.3 is 19.7 Å². The molecule has 1 aliphatic heterocycles. The quantitative estimate of drug-likeness (QED) is 0.850. The molecule has 1 atom stereocenters. The highest BCUT2D eigenvalue weighted by atomic mass is 16.5. The molecule has 1 unspecified atom stereocenters. The van der Waals surface area contributed by atoms with Gasteiger partial charge in [-0.25, -0.2) is 0 Å². The summed E-state index contributed by atoms with van der Waals surface area (Å²) in [6, 6.07) is 6.63. The number of likely N-dealkylation sites (N-methyl/N-ethyl adjacent to an activating group) is 1. The second-order valence-corrected chi connectivity index (χ2v) is 5.09. The minimum Gasteiger partial charge on any atom is -0.497 e. The molecule has 1 aromatic carbocycles. The molecule has 4 nitrogen and oxygen atoms in total. The maximum Gasteiger partial charge on any atom is 0.127 e. The van der Waals surface area contributed by atoms with Gasteiger partial charge in [0.15, 0.2) is 0 Å². The minimum atomic E-state index is 0.671. The first-order chi connectivity index (χ1) is 9.24. The van der Waals surface area contributed by atoms with E-state index in [0.29, 0.717) is 6.04 Å². The lowest BCUT2D eigenvalue weighted by molar-refractivity contribution is 0.299. The second kappa shape index (κ2) is 6.78. The molecule has 106 valence electrons. The van der Waals surface area contributed by atoms with Gasteiger partial charge in [-0.05, 0) is 32.5 Å². The normalized spacial score (nSPS) is 19.6. The van der Waals surface area contributed by atoms with Gasteiger partial charge in [0.1, 0.15) is 11.5 Å². The lowest BCUT2D eigenvalue weighted by atomic mass is 10.1. The van der Waals surface area contributed by atoms with Crippen molar-refractivity contribution in [2.75, 3.05) is 34.4 Å². The Morgan fingerprint density at radius 2 is 2.16 bits per heavy atom. The van der Waals surface area contributed by atoms with E-state index in [1.807, 2.05) is 12.1 Å². The number of methoxy groups -OCH3 is 2. The Morgan fingerprint density at radius 3 is 2.79 bits per heavy atom. The van der Waals surface area contributed by atoms with Crippen LogP contribution in [0.15, 0.2) is 18.2 Å². The van der Waals surface area contributed by atoms with Crippen LogP contribution < -0.4 is 14.8 Å². The zero-order chi connectivity index (χ0) is 13.7. The Morgan fingerprint density at radius 1 is 1.32 bits per heavy atom. The zero-order valence-electron chi connectivity index (χ0n) is 12.1. The molecule has 0 amide bonds. The summed E-state index contributed by atoms with van der Waals surface area (Å²) in [5, 5.41) is 3.52. The summed E-state index contributed by atoms with van der Waals surface area (Å²) in [5.41, 5.74) is 1.17. The predicted octanol–water partition coefficient (Wildman–Crippen LogP) is 1.89. The Labute approximate surface area is 115 Å². The maximum atomic E-state index is 5.40. The average molecular weight is 264 g/mol. The van der Waals surface area contributed by atoms with Gasteiger partial charge in [-0.3, -0.25) is 0 Å². The third-order valence-electron chi connectivity index (χ3n) is 3.86. The highest BCUT2D eigenvalue weighted by Crippen LogP contribution is 2.24. The van der Waals surface area contributed by atoms with Crippen LogP contribution in [0.25, 0.3) is 0 Å². The summed E-state index contributed by atoms with van der Waals surface area (Å²) >= 11 is 0. The molecule has 1 heterocycles. The zero-order valence-corrected chi connectivity index (χ0v) is 12.1. The number of nitrogens with zero attached hydrogens (tertiary/aromatic N) is 1. The number of rotatable bonds is 6. The summed E-state index contributed by atoms with van der Waals surface area (Å²) in [4.78, 5) is 2.43. The van der Waals surface area contributed by atoms with Crippen LogP contribution in [0.5, 0.6) is 11.5 Å². The van der Waals surface area contributed by atoms with Gasteiger partial charge in [0, 0.05) is 30.8 Å². The van der Waals surface area contributed by atoms with E-state index in [-0.39, 0.29) is 0 Å². The van der Waals surface area contributed by atoms with E-state index < -0.39 is 0 Å². The summed E-state index contributed by atoms with van der Waals surface area (Å²) in [5.74, 6) is 1.71. The van der Waals surface area contributed by atoms with Gasteiger partial charge in [0.2, 0.25) is 0 Å². The van der Waals surface area contributed by atoms with E-state index >= 15 is 0 Å². The standard InChI is InChI=1S/C15H24N2O2/c1-17-8-4-5-13(17)11-16-10-12-6-7-14(18-2)9-15(12)19-3/h6-7,9,13,16H,4-5,8,10-11H2,1-3H3. The molecule has 0 aromatic heterocycles. The Balaban J connectivity index is 1.88. The van der Waals surface area contributed by atoms with E-state index in [9.17, 15) is 0 Å². The fourth-order valence-corrected chi connectivity index (χ4v) is 2.61. The smallest absolute Gasteiger partial charge is 0.127 e. The molecular formula is C15H24N2O2. The lowest BCUT2D eigenvalue weighted by Crippen LogP contribution is -2.35. The fraction of sp³-hybridized carbons (Fsp3) is 0.600. The van der Waals surface area contributed by atoms with Crippen molar-refractivity contribution >= 4 is 0 Å². The van der Waals surface area contributed by atoms with Crippen molar-refractivity contribution in [3.05, 3.63) is 23.8 Å². The van der Waals surface area contributed by atoms with Gasteiger partial charge >= 0.3 is 0 Å². The minimum absolute atomic E-state index is 0.671. The topological polar surface area (TPSA) is 33.7 Å². The van der Waals surface area contributed by atoms with E-state index in [1.165, 1.54) is 24.9 Å². The van der Waals surface area contributed by atoms with Crippen LogP contribution in [0.4, 0.5) is 0 Å². The van der Waals surface area contributed by atoms with Crippen molar-refractivity contribution in [3.8, 4) is 11.5 Å². The molecule has 2 rings (SSSR count). The maximum absolute atomic E-state index is 5.40. The molecule has 4 heteroatoms. The molecule has 1 fully saturated rings. The molecule has 0 bridgehead atoms. The molecule has 0 radical (unpaired) electrons. The van der Waals surface area contributed by atoms with Crippen LogP contribution in [0, 0.1) is 0 Å². The van der Waals surface area contributed by atoms with Crippen LogP contribution in [-0.2, 0) is 6.54 Å². The third-order valence-corrected chi connectivity index (χ3v) is 3.86. The van der Waals surface area contributed by atoms with Crippen LogP contribution in [-0.4, -0.2) is 45.3 Å². The molecule has 19 heavy (non-hydrogen) atoms.